The van der Waals surface area contributed by atoms with E-state index in [1.54, 1.807) is 0 Å². The molecule has 1 aromatic carbocycles. The second kappa shape index (κ2) is 5.56. The maximum absolute atomic E-state index is 8.00. The summed E-state index contributed by atoms with van der Waals surface area (Å²) >= 11 is 4.08. The van der Waals surface area contributed by atoms with Gasteiger partial charge in [-0.25, -0.2) is 0 Å². The van der Waals surface area contributed by atoms with Crippen molar-refractivity contribution in [2.75, 3.05) is 0 Å². The van der Waals surface area contributed by atoms with E-state index in [9.17, 15) is 0 Å². The molecule has 0 saturated carbocycles. The molecule has 0 unspecified atom stereocenters. The van der Waals surface area contributed by atoms with Gasteiger partial charge < -0.3 is 0 Å². The van der Waals surface area contributed by atoms with Gasteiger partial charge in [0.25, 0.3) is 0 Å². The van der Waals surface area contributed by atoms with Crippen LogP contribution in [0.25, 0.3) is 0 Å². The van der Waals surface area contributed by atoms with E-state index in [-0.39, 0.29) is 0 Å². The molecule has 0 amide bonds. The smallest absolute Gasteiger partial charge is 0.00399 e. The lowest BCUT2D eigenvalue weighted by atomic mass is 10.4. The number of hydrogen-bond donors (Lipinski definition) is 1. The summed E-state index contributed by atoms with van der Waals surface area (Å²) in [6, 6.07) is 9.79. The first kappa shape index (κ1) is 8.43. The molecule has 0 atom stereocenters. The highest BCUT2D eigenvalue weighted by molar-refractivity contribution is 7.80. The lowest BCUT2D eigenvalue weighted by molar-refractivity contribution is 0.108. The molecule has 0 spiro atoms. The predicted molar refractivity (Wildman–Crippen MR) is 35.9 cm³/mol. The highest BCUT2D eigenvalue weighted by atomic mass is 32.1. The lowest BCUT2D eigenvalue weighted by Gasteiger charge is -1.81. The fraction of sp³-hybridized carbons (Fsp3) is 0. The standard InChI is InChI=1S/C6H6S.F2/c7-6-4-2-1-3-5-6;1-2/h1-5,7H;. The van der Waals surface area contributed by atoms with Gasteiger partial charge >= 0.3 is 0 Å². The van der Waals surface area contributed by atoms with Crippen molar-refractivity contribution >= 4 is 12.6 Å². The zero-order valence-electron chi connectivity index (χ0n) is 4.59. The van der Waals surface area contributed by atoms with Crippen LogP contribution in [-0.4, -0.2) is 0 Å². The molecule has 1 rings (SSSR count). The quantitative estimate of drug-likeness (QED) is 0.537. The van der Waals surface area contributed by atoms with Crippen molar-refractivity contribution < 1.29 is 9.15 Å². The van der Waals surface area contributed by atoms with Gasteiger partial charge in [-0.05, 0) is 12.1 Å². The first-order chi connectivity index (χ1) is 4.39. The molecule has 0 fully saturated rings. The SMILES string of the molecule is FF.Sc1ccccc1. The highest BCUT2D eigenvalue weighted by Gasteiger charge is 1.73. The summed E-state index contributed by atoms with van der Waals surface area (Å²) in [6.45, 7) is 0. The van der Waals surface area contributed by atoms with Crippen molar-refractivity contribution in [3.63, 3.8) is 0 Å². The first-order valence-electron chi connectivity index (χ1n) is 2.28. The summed E-state index contributed by atoms with van der Waals surface area (Å²) in [5.74, 6) is 0. The molecular weight excluding hydrogens is 142 g/mol. The third kappa shape index (κ3) is 3.97. The molecule has 0 saturated heterocycles. The van der Waals surface area contributed by atoms with Crippen molar-refractivity contribution in [1.82, 2.24) is 0 Å². The zero-order valence-corrected chi connectivity index (χ0v) is 5.48. The van der Waals surface area contributed by atoms with Crippen LogP contribution in [0.3, 0.4) is 0 Å². The van der Waals surface area contributed by atoms with Crippen molar-refractivity contribution in [1.29, 1.82) is 0 Å². The number of hydrogen-bond acceptors (Lipinski definition) is 1. The predicted octanol–water partition coefficient (Wildman–Crippen LogP) is 2.82. The van der Waals surface area contributed by atoms with E-state index >= 15 is 0 Å². The molecule has 0 radical (unpaired) electrons. The van der Waals surface area contributed by atoms with Crippen molar-refractivity contribution in [3.8, 4) is 0 Å². The van der Waals surface area contributed by atoms with Gasteiger partial charge in [0.05, 0.1) is 0 Å². The maximum atomic E-state index is 8.00. The van der Waals surface area contributed by atoms with Crippen molar-refractivity contribution in [2.24, 2.45) is 0 Å². The summed E-state index contributed by atoms with van der Waals surface area (Å²) in [5, 5.41) is 0. The number of thiol groups is 1. The fourth-order valence-corrected chi connectivity index (χ4v) is 0.600. The number of rotatable bonds is 0. The minimum atomic E-state index is 1.02. The molecule has 1 aromatic rings. The van der Waals surface area contributed by atoms with Crippen LogP contribution >= 0.6 is 12.6 Å². The van der Waals surface area contributed by atoms with E-state index in [0.717, 1.165) is 4.90 Å². The minimum Gasteiger partial charge on any atom is -0.143 e. The van der Waals surface area contributed by atoms with Crippen LogP contribution in [0.1, 0.15) is 0 Å². The Morgan fingerprint density at radius 2 is 1.44 bits per heavy atom. The van der Waals surface area contributed by atoms with Gasteiger partial charge in [0.2, 0.25) is 0 Å². The van der Waals surface area contributed by atoms with Crippen LogP contribution in [0.15, 0.2) is 35.2 Å². The number of halogens is 2. The van der Waals surface area contributed by atoms with E-state index in [1.165, 1.54) is 0 Å². The molecule has 0 aromatic heterocycles. The van der Waals surface area contributed by atoms with Gasteiger partial charge in [0.1, 0.15) is 0 Å². The fourth-order valence-electron chi connectivity index (χ4n) is 0.428. The van der Waals surface area contributed by atoms with Crippen molar-refractivity contribution in [2.45, 2.75) is 4.90 Å². The first-order valence-corrected chi connectivity index (χ1v) is 2.72. The molecular formula is C6H6F2S. The Hall–Kier alpha value is -0.570. The zero-order chi connectivity index (χ0) is 7.11. The van der Waals surface area contributed by atoms with E-state index in [1.807, 2.05) is 30.3 Å². The number of benzene rings is 1. The third-order valence-corrected chi connectivity index (χ3v) is 1.05. The summed E-state index contributed by atoms with van der Waals surface area (Å²) in [5.41, 5.74) is 0. The van der Waals surface area contributed by atoms with Crippen molar-refractivity contribution in [3.05, 3.63) is 30.3 Å². The van der Waals surface area contributed by atoms with Gasteiger partial charge in [0, 0.05) is 14.0 Å². The lowest BCUT2D eigenvalue weighted by Crippen LogP contribution is -1.56. The van der Waals surface area contributed by atoms with E-state index < -0.39 is 0 Å². The molecule has 0 heterocycles. The van der Waals surface area contributed by atoms with Gasteiger partial charge in [-0.15, -0.1) is 12.6 Å². The molecule has 50 valence electrons. The second-order valence-corrected chi connectivity index (χ2v) is 1.85. The summed E-state index contributed by atoms with van der Waals surface area (Å²) in [7, 11) is 0. The van der Waals surface area contributed by atoms with Crippen LogP contribution in [0.5, 0.6) is 0 Å². The third-order valence-electron chi connectivity index (χ3n) is 0.756. The Labute approximate surface area is 57.8 Å². The Balaban J connectivity index is 0.000000291. The molecule has 0 N–H and O–H groups in total. The molecule has 0 aliphatic carbocycles. The van der Waals surface area contributed by atoms with Gasteiger partial charge in [-0.2, -0.15) is 0 Å². The Kier molecular flexibility index (Phi) is 5.21. The molecule has 0 aliphatic rings. The Morgan fingerprint density at radius 1 is 1.00 bits per heavy atom. The molecule has 0 nitrogen and oxygen atoms in total. The van der Waals surface area contributed by atoms with E-state index in [2.05, 4.69) is 12.6 Å². The van der Waals surface area contributed by atoms with Crippen LogP contribution in [0.4, 0.5) is 9.15 Å². The monoisotopic (exact) mass is 148 g/mol. The molecule has 0 aliphatic heterocycles. The average molecular weight is 148 g/mol. The topological polar surface area (TPSA) is 0 Å². The van der Waals surface area contributed by atoms with Gasteiger partial charge in [0.15, 0.2) is 0 Å². The van der Waals surface area contributed by atoms with Crippen LogP contribution in [-0.2, 0) is 0 Å². The summed E-state index contributed by atoms with van der Waals surface area (Å²) in [4.78, 5) is 1.02. The highest BCUT2D eigenvalue weighted by Crippen LogP contribution is 2.00. The van der Waals surface area contributed by atoms with E-state index in [4.69, 9.17) is 9.15 Å². The summed E-state index contributed by atoms with van der Waals surface area (Å²) in [6.07, 6.45) is 0. The van der Waals surface area contributed by atoms with Crippen LogP contribution in [0, 0.1) is 0 Å². The second-order valence-electron chi connectivity index (χ2n) is 1.34. The van der Waals surface area contributed by atoms with Crippen LogP contribution in [0.2, 0.25) is 0 Å². The molecule has 3 heteroatoms. The normalized spacial score (nSPS) is 7.44. The minimum absolute atomic E-state index is 1.02. The van der Waals surface area contributed by atoms with Crippen LogP contribution < -0.4 is 0 Å². The maximum Gasteiger partial charge on any atom is 0.00399 e. The van der Waals surface area contributed by atoms with Gasteiger partial charge in [-0.3, -0.25) is 0 Å². The average Bonchev–Trinajstić information content (AvgIpc) is 1.94. The Morgan fingerprint density at radius 3 is 1.67 bits per heavy atom. The van der Waals surface area contributed by atoms with Gasteiger partial charge in [-0.1, -0.05) is 18.2 Å². The Bertz CT molecular complexity index is 141. The van der Waals surface area contributed by atoms with E-state index in [0.29, 0.717) is 0 Å². The summed E-state index contributed by atoms with van der Waals surface area (Å²) < 4.78 is 16.0. The molecule has 9 heavy (non-hydrogen) atoms. The molecule has 0 bridgehead atoms. The largest absolute Gasteiger partial charge is 0.143 e.